The molecule has 0 spiro atoms. The first-order valence-corrected chi connectivity index (χ1v) is 10.7. The number of aliphatic imine (C=N–C) groups is 1. The Morgan fingerprint density at radius 2 is 1.69 bits per heavy atom. The highest BCUT2D eigenvalue weighted by Gasteiger charge is 2.26. The monoisotopic (exact) mass is 554 g/mol. The summed E-state index contributed by atoms with van der Waals surface area (Å²) in [6.45, 7) is 3.52. The largest absolute Gasteiger partial charge is 0.497 e. The number of ether oxygens (including phenoxy) is 3. The van der Waals surface area contributed by atoms with E-state index in [-0.39, 0.29) is 30.0 Å². The Balaban J connectivity index is 0.00000363. The van der Waals surface area contributed by atoms with E-state index in [2.05, 4.69) is 32.7 Å². The Kier molecular flexibility index (Phi) is 10.9. The van der Waals surface area contributed by atoms with Crippen molar-refractivity contribution in [3.63, 3.8) is 0 Å². The van der Waals surface area contributed by atoms with Crippen LogP contribution in [0.15, 0.2) is 47.5 Å². The normalized spacial score (nSPS) is 14.9. The van der Waals surface area contributed by atoms with E-state index in [1.54, 1.807) is 28.4 Å². The Morgan fingerprint density at radius 3 is 2.34 bits per heavy atom. The fraction of sp³-hybridized carbons (Fsp3) is 0.458. The highest BCUT2D eigenvalue weighted by molar-refractivity contribution is 14.0. The molecule has 1 unspecified atom stereocenters. The van der Waals surface area contributed by atoms with Crippen molar-refractivity contribution in [2.24, 2.45) is 4.99 Å². The summed E-state index contributed by atoms with van der Waals surface area (Å²) in [5, 5.41) is 6.89. The molecule has 0 radical (unpaired) electrons. The van der Waals surface area contributed by atoms with Crippen LogP contribution in [0.3, 0.4) is 0 Å². The number of para-hydroxylation sites is 1. The van der Waals surface area contributed by atoms with Crippen LogP contribution in [0.5, 0.6) is 17.2 Å². The van der Waals surface area contributed by atoms with Crippen molar-refractivity contribution in [3.05, 3.63) is 53.6 Å². The van der Waals surface area contributed by atoms with Gasteiger partial charge in [-0.25, -0.2) is 0 Å². The molecule has 0 aromatic heterocycles. The van der Waals surface area contributed by atoms with Crippen molar-refractivity contribution < 1.29 is 14.2 Å². The van der Waals surface area contributed by atoms with E-state index >= 15 is 0 Å². The van der Waals surface area contributed by atoms with Gasteiger partial charge in [0, 0.05) is 37.3 Å². The molecule has 0 amide bonds. The second kappa shape index (κ2) is 13.4. The number of hydrogen-bond acceptors (Lipinski definition) is 5. The van der Waals surface area contributed by atoms with Crippen molar-refractivity contribution in [1.29, 1.82) is 0 Å². The lowest BCUT2D eigenvalue weighted by Gasteiger charge is -2.30. The predicted molar refractivity (Wildman–Crippen MR) is 140 cm³/mol. The average Bonchev–Trinajstić information content (AvgIpc) is 3.36. The van der Waals surface area contributed by atoms with Gasteiger partial charge in [0.2, 0.25) is 0 Å². The van der Waals surface area contributed by atoms with Crippen molar-refractivity contribution >= 4 is 29.9 Å². The SMILES string of the molecule is CN=C(NCc1ccc(OC)cc1OC)NCC(c1ccccc1OC)N1CCCC1.I. The lowest BCUT2D eigenvalue weighted by molar-refractivity contribution is 0.239. The van der Waals surface area contributed by atoms with Crippen LogP contribution < -0.4 is 24.8 Å². The summed E-state index contributed by atoms with van der Waals surface area (Å²) < 4.78 is 16.4. The molecule has 8 heteroatoms. The molecule has 1 fully saturated rings. The first-order chi connectivity index (χ1) is 15.2. The van der Waals surface area contributed by atoms with Crippen LogP contribution in [0.2, 0.25) is 0 Å². The molecular formula is C24H35IN4O3. The highest BCUT2D eigenvalue weighted by atomic mass is 127. The Bertz CT molecular complexity index is 872. The molecule has 1 aliphatic heterocycles. The van der Waals surface area contributed by atoms with E-state index in [9.17, 15) is 0 Å². The standard InChI is InChI=1S/C24H34N4O3.HI/c1-25-24(26-16-18-11-12-19(29-2)15-23(18)31-4)27-17-21(28-13-7-8-14-28)20-9-5-6-10-22(20)30-3;/h5-6,9-12,15,21H,7-8,13-14,16-17H2,1-4H3,(H2,25,26,27);1H. The van der Waals surface area contributed by atoms with E-state index < -0.39 is 0 Å². The summed E-state index contributed by atoms with van der Waals surface area (Å²) in [5.74, 6) is 3.23. The zero-order chi connectivity index (χ0) is 22.1. The highest BCUT2D eigenvalue weighted by Crippen LogP contribution is 2.31. The molecule has 176 valence electrons. The van der Waals surface area contributed by atoms with Crippen LogP contribution >= 0.6 is 24.0 Å². The van der Waals surface area contributed by atoms with Gasteiger partial charge in [0.15, 0.2) is 5.96 Å². The van der Waals surface area contributed by atoms with E-state index in [1.165, 1.54) is 18.4 Å². The summed E-state index contributed by atoms with van der Waals surface area (Å²) in [6.07, 6.45) is 2.46. The molecule has 1 heterocycles. The molecule has 1 saturated heterocycles. The van der Waals surface area contributed by atoms with Crippen LogP contribution in [0, 0.1) is 0 Å². The number of nitrogens with one attached hydrogen (secondary N) is 2. The lowest BCUT2D eigenvalue weighted by atomic mass is 10.0. The average molecular weight is 554 g/mol. The van der Waals surface area contributed by atoms with Gasteiger partial charge in [0.1, 0.15) is 17.2 Å². The smallest absolute Gasteiger partial charge is 0.191 e. The molecule has 0 bridgehead atoms. The molecule has 2 aromatic carbocycles. The molecule has 2 aromatic rings. The molecule has 7 nitrogen and oxygen atoms in total. The number of halogens is 1. The van der Waals surface area contributed by atoms with Crippen molar-refractivity contribution in [2.75, 3.05) is 48.0 Å². The van der Waals surface area contributed by atoms with E-state index in [0.717, 1.165) is 48.4 Å². The molecule has 2 N–H and O–H groups in total. The maximum Gasteiger partial charge on any atom is 0.191 e. The maximum absolute atomic E-state index is 5.64. The Morgan fingerprint density at radius 1 is 0.969 bits per heavy atom. The van der Waals surface area contributed by atoms with Crippen molar-refractivity contribution in [1.82, 2.24) is 15.5 Å². The number of hydrogen-bond donors (Lipinski definition) is 2. The molecule has 1 aliphatic rings. The maximum atomic E-state index is 5.64. The van der Waals surface area contributed by atoms with Gasteiger partial charge in [-0.3, -0.25) is 9.89 Å². The van der Waals surface area contributed by atoms with Gasteiger partial charge in [-0.05, 0) is 44.1 Å². The zero-order valence-corrected chi connectivity index (χ0v) is 21.7. The van der Waals surface area contributed by atoms with Crippen LogP contribution in [0.25, 0.3) is 0 Å². The van der Waals surface area contributed by atoms with Crippen LogP contribution in [0.1, 0.15) is 30.0 Å². The van der Waals surface area contributed by atoms with Gasteiger partial charge in [0.25, 0.3) is 0 Å². The third-order valence-corrected chi connectivity index (χ3v) is 5.71. The third-order valence-electron chi connectivity index (χ3n) is 5.71. The topological polar surface area (TPSA) is 67.4 Å². The van der Waals surface area contributed by atoms with Gasteiger partial charge in [-0.2, -0.15) is 0 Å². The second-order valence-electron chi connectivity index (χ2n) is 7.49. The fourth-order valence-electron chi connectivity index (χ4n) is 4.02. The number of nitrogens with zero attached hydrogens (tertiary/aromatic N) is 2. The van der Waals surface area contributed by atoms with Crippen LogP contribution in [0.4, 0.5) is 0 Å². The van der Waals surface area contributed by atoms with E-state index in [1.807, 2.05) is 30.3 Å². The molecular weight excluding hydrogens is 519 g/mol. The zero-order valence-electron chi connectivity index (χ0n) is 19.4. The fourth-order valence-corrected chi connectivity index (χ4v) is 4.02. The summed E-state index contributed by atoms with van der Waals surface area (Å²) in [6, 6.07) is 14.3. The molecule has 0 saturated carbocycles. The quantitative estimate of drug-likeness (QED) is 0.279. The van der Waals surface area contributed by atoms with Crippen LogP contribution in [-0.4, -0.2) is 58.9 Å². The van der Waals surface area contributed by atoms with E-state index in [0.29, 0.717) is 6.54 Å². The number of benzene rings is 2. The summed E-state index contributed by atoms with van der Waals surface area (Å²) in [5.41, 5.74) is 2.23. The van der Waals surface area contributed by atoms with Gasteiger partial charge >= 0.3 is 0 Å². The summed E-state index contributed by atoms with van der Waals surface area (Å²) >= 11 is 0. The first-order valence-electron chi connectivity index (χ1n) is 10.7. The van der Waals surface area contributed by atoms with Crippen LogP contribution in [-0.2, 0) is 6.54 Å². The van der Waals surface area contributed by atoms with E-state index in [4.69, 9.17) is 14.2 Å². The van der Waals surface area contributed by atoms with Crippen molar-refractivity contribution in [2.45, 2.75) is 25.4 Å². The number of guanidine groups is 1. The number of rotatable bonds is 9. The minimum Gasteiger partial charge on any atom is -0.497 e. The van der Waals surface area contributed by atoms with Gasteiger partial charge in [0.05, 0.1) is 27.4 Å². The number of methoxy groups -OCH3 is 3. The third kappa shape index (κ3) is 6.65. The Labute approximate surface area is 208 Å². The molecule has 1 atom stereocenters. The van der Waals surface area contributed by atoms with Gasteiger partial charge < -0.3 is 24.8 Å². The first kappa shape index (κ1) is 26.1. The van der Waals surface area contributed by atoms with Gasteiger partial charge in [-0.15, -0.1) is 24.0 Å². The second-order valence-corrected chi connectivity index (χ2v) is 7.49. The lowest BCUT2D eigenvalue weighted by Crippen LogP contribution is -2.42. The predicted octanol–water partition coefficient (Wildman–Crippen LogP) is 3.83. The van der Waals surface area contributed by atoms with Gasteiger partial charge in [-0.1, -0.05) is 18.2 Å². The van der Waals surface area contributed by atoms with Crippen molar-refractivity contribution in [3.8, 4) is 17.2 Å². The minimum atomic E-state index is 0. The molecule has 32 heavy (non-hydrogen) atoms. The molecule has 0 aliphatic carbocycles. The minimum absolute atomic E-state index is 0. The number of likely N-dealkylation sites (tertiary alicyclic amines) is 1. The Hall–Kier alpha value is -2.20. The summed E-state index contributed by atoms with van der Waals surface area (Å²) in [4.78, 5) is 6.92. The molecule has 3 rings (SSSR count). The summed E-state index contributed by atoms with van der Waals surface area (Å²) in [7, 11) is 6.83.